The summed E-state index contributed by atoms with van der Waals surface area (Å²) in [5.41, 5.74) is 0. The summed E-state index contributed by atoms with van der Waals surface area (Å²) in [7, 11) is -4.64. The molecule has 0 heterocycles. The molecule has 8 N–H and O–H groups in total. The van der Waals surface area contributed by atoms with Gasteiger partial charge in [0, 0.05) is 19.5 Å². The minimum atomic E-state index is -4.64. The molecule has 0 aromatic carbocycles. The van der Waals surface area contributed by atoms with E-state index in [1.54, 1.807) is 0 Å². The van der Waals surface area contributed by atoms with E-state index in [9.17, 15) is 0 Å². The van der Waals surface area contributed by atoms with Crippen LogP contribution in [-0.4, -0.2) is 20.2 Å². The van der Waals surface area contributed by atoms with Gasteiger partial charge in [-0.1, -0.05) is 0 Å². The first-order chi connectivity index (χ1) is 2.00. The third kappa shape index (κ3) is 498. The summed E-state index contributed by atoms with van der Waals surface area (Å²) in [6.07, 6.45) is 0. The van der Waals surface area contributed by atoms with Crippen LogP contribution in [0.3, 0.4) is 0 Å². The van der Waals surface area contributed by atoms with E-state index in [4.69, 9.17) is 19.2 Å². The summed E-state index contributed by atoms with van der Waals surface area (Å²) in [6, 6.07) is 0. The number of hydrogen-bond acceptors (Lipinski definition) is 2. The maximum Gasteiger partial charge on any atom is 0.466 e. The molecule has 0 aliphatic carbocycles. The fourth-order valence-corrected chi connectivity index (χ4v) is 0. The molecule has 0 radical (unpaired) electrons. The van der Waals surface area contributed by atoms with E-state index in [2.05, 4.69) is 0 Å². The van der Waals surface area contributed by atoms with Gasteiger partial charge in [-0.2, -0.15) is 0 Å². The van der Waals surface area contributed by atoms with Gasteiger partial charge < -0.3 is 26.3 Å². The van der Waals surface area contributed by atoms with E-state index in [1.807, 2.05) is 0 Å². The predicted octanol–water partition coefficient (Wildman–Crippen LogP) is -1.59. The summed E-state index contributed by atoms with van der Waals surface area (Å²) in [4.78, 5) is 21.6. The molecule has 6 nitrogen and oxygen atoms in total. The fourth-order valence-electron chi connectivity index (χ4n) is 0. The van der Waals surface area contributed by atoms with Crippen molar-refractivity contribution in [2.75, 3.05) is 0 Å². The Morgan fingerprint density at radius 3 is 1.12 bits per heavy atom. The average molecular weight is 198 g/mol. The average Bonchev–Trinajstić information content (AvgIpc) is 0.722. The van der Waals surface area contributed by atoms with E-state index < -0.39 is 7.82 Å². The van der Waals surface area contributed by atoms with Gasteiger partial charge in [-0.25, -0.2) is 4.57 Å². The molecule has 0 spiro atoms. The summed E-state index contributed by atoms with van der Waals surface area (Å²) in [5.74, 6) is 0. The van der Waals surface area contributed by atoms with Gasteiger partial charge >= 0.3 is 7.82 Å². The molecule has 0 saturated heterocycles. The first kappa shape index (κ1) is 23.4. The van der Waals surface area contributed by atoms with Gasteiger partial charge in [0.05, 0.1) is 0 Å². The van der Waals surface area contributed by atoms with Crippen molar-refractivity contribution in [2.24, 2.45) is 0 Å². The second kappa shape index (κ2) is 7.65. The molecule has 8 heavy (non-hydrogen) atoms. The Labute approximate surface area is 58.8 Å². The Balaban J connectivity index is -0.0000000267. The van der Waals surface area contributed by atoms with E-state index in [0.29, 0.717) is 0 Å². The van der Waals surface area contributed by atoms with Gasteiger partial charge in [0.2, 0.25) is 0 Å². The third-order valence-corrected chi connectivity index (χ3v) is 0. The minimum Gasteiger partial charge on any atom is -0.412 e. The summed E-state index contributed by atoms with van der Waals surface area (Å²) >= 11 is 0. The zero-order chi connectivity index (χ0) is 4.50. The van der Waals surface area contributed by atoms with E-state index >= 15 is 0 Å². The van der Waals surface area contributed by atoms with Gasteiger partial charge in [-0.05, 0) is 0 Å². The van der Waals surface area contributed by atoms with Crippen molar-refractivity contribution in [3.63, 3.8) is 0 Å². The van der Waals surface area contributed by atoms with Crippen molar-refractivity contribution in [3.8, 4) is 0 Å². The normalized spacial score (nSPS) is 7.38. The zero-order valence-electron chi connectivity index (χ0n) is 4.11. The van der Waals surface area contributed by atoms with Crippen LogP contribution in [0.5, 0.6) is 0 Å². The SMILES string of the molecule is N.O.O=P(O)(O)O.[Zn]. The molecule has 0 bridgehead atoms. The molecule has 0 aliphatic heterocycles. The van der Waals surface area contributed by atoms with E-state index in [1.165, 1.54) is 0 Å². The van der Waals surface area contributed by atoms with Crippen LogP contribution in [0.4, 0.5) is 0 Å². The van der Waals surface area contributed by atoms with Crippen LogP contribution in [0.15, 0.2) is 0 Å². The van der Waals surface area contributed by atoms with Crippen LogP contribution in [-0.2, 0) is 24.0 Å². The molecule has 0 aromatic heterocycles. The van der Waals surface area contributed by atoms with Crippen LogP contribution in [0.1, 0.15) is 0 Å². The van der Waals surface area contributed by atoms with Gasteiger partial charge in [0.15, 0.2) is 0 Å². The van der Waals surface area contributed by atoms with Gasteiger partial charge in [-0.3, -0.25) is 0 Å². The second-order valence-electron chi connectivity index (χ2n) is 0.513. The minimum absolute atomic E-state index is 0. The Morgan fingerprint density at radius 1 is 1.12 bits per heavy atom. The van der Waals surface area contributed by atoms with E-state index in [0.717, 1.165) is 0 Å². The largest absolute Gasteiger partial charge is 0.466 e. The standard InChI is InChI=1S/H3N.H3O4P.H2O.Zn/c;1-5(2,3)4;;/h1H3;(H3,1,2,3,4);1H2;. The molecule has 0 unspecified atom stereocenters. The third-order valence-electron chi connectivity index (χ3n) is 0. The zero-order valence-corrected chi connectivity index (χ0v) is 7.97. The Hall–Kier alpha value is 0.653. The maximum atomic E-state index is 8.88. The molecule has 50 valence electrons. The molecule has 0 rings (SSSR count). The first-order valence-electron chi connectivity index (χ1n) is 0.783. The van der Waals surface area contributed by atoms with Gasteiger partial charge in [0.25, 0.3) is 0 Å². The maximum absolute atomic E-state index is 8.88. The van der Waals surface area contributed by atoms with Crippen LogP contribution in [0.25, 0.3) is 0 Å². The van der Waals surface area contributed by atoms with Crippen molar-refractivity contribution < 1.29 is 44.2 Å². The smallest absolute Gasteiger partial charge is 0.412 e. The molecular formula is H8NO5PZn. The summed E-state index contributed by atoms with van der Waals surface area (Å²) in [6.45, 7) is 0. The summed E-state index contributed by atoms with van der Waals surface area (Å²) < 4.78 is 8.88. The molecule has 0 atom stereocenters. The van der Waals surface area contributed by atoms with Crippen LogP contribution in [0.2, 0.25) is 0 Å². The van der Waals surface area contributed by atoms with Crippen molar-refractivity contribution in [3.05, 3.63) is 0 Å². The Kier molecular flexibility index (Phi) is 22.4. The van der Waals surface area contributed by atoms with Crippen molar-refractivity contribution >= 4 is 7.82 Å². The molecule has 0 aromatic rings. The molecule has 0 saturated carbocycles. The topological polar surface area (TPSA) is 144 Å². The van der Waals surface area contributed by atoms with Crippen LogP contribution >= 0.6 is 7.82 Å². The van der Waals surface area contributed by atoms with Crippen LogP contribution < -0.4 is 6.15 Å². The Morgan fingerprint density at radius 2 is 1.12 bits per heavy atom. The number of rotatable bonds is 0. The van der Waals surface area contributed by atoms with Crippen molar-refractivity contribution in [1.29, 1.82) is 0 Å². The van der Waals surface area contributed by atoms with Gasteiger partial charge in [-0.15, -0.1) is 0 Å². The number of phosphoric acid groups is 1. The van der Waals surface area contributed by atoms with Crippen molar-refractivity contribution in [1.82, 2.24) is 6.15 Å². The molecular weight excluding hydrogens is 190 g/mol. The van der Waals surface area contributed by atoms with Crippen molar-refractivity contribution in [2.45, 2.75) is 0 Å². The Bertz CT molecular complexity index is 58.6. The monoisotopic (exact) mass is 197 g/mol. The molecule has 8 heteroatoms. The number of hydrogen-bond donors (Lipinski definition) is 4. The second-order valence-corrected chi connectivity index (χ2v) is 1.54. The first-order valence-corrected chi connectivity index (χ1v) is 2.35. The van der Waals surface area contributed by atoms with Crippen LogP contribution in [0, 0.1) is 0 Å². The molecule has 0 fully saturated rings. The van der Waals surface area contributed by atoms with Gasteiger partial charge in [0.1, 0.15) is 0 Å². The molecule has 0 amide bonds. The van der Waals surface area contributed by atoms with E-state index in [-0.39, 0.29) is 31.1 Å². The predicted molar refractivity (Wildman–Crippen MR) is 22.9 cm³/mol. The molecule has 0 aliphatic rings. The quantitative estimate of drug-likeness (QED) is 0.274. The summed E-state index contributed by atoms with van der Waals surface area (Å²) in [5, 5.41) is 0. The fraction of sp³-hybridized carbons (Fsp3) is 0.